The fourth-order valence-corrected chi connectivity index (χ4v) is 2.59. The molecule has 0 aliphatic carbocycles. The highest BCUT2D eigenvalue weighted by Crippen LogP contribution is 2.24. The van der Waals surface area contributed by atoms with Gasteiger partial charge in [-0.1, -0.05) is 0 Å². The third kappa shape index (κ3) is 3.35. The molecule has 1 fully saturated rings. The predicted molar refractivity (Wildman–Crippen MR) is 79.8 cm³/mol. The molecule has 106 valence electrons. The van der Waals surface area contributed by atoms with E-state index in [-0.39, 0.29) is 0 Å². The molecule has 0 aromatic carbocycles. The second-order valence-corrected chi connectivity index (χ2v) is 5.53. The Labute approximate surface area is 116 Å². The van der Waals surface area contributed by atoms with Crippen molar-refractivity contribution in [3.63, 3.8) is 0 Å². The van der Waals surface area contributed by atoms with Gasteiger partial charge < -0.3 is 15.1 Å². The average molecular weight is 263 g/mol. The van der Waals surface area contributed by atoms with Crippen molar-refractivity contribution in [2.24, 2.45) is 5.92 Å². The van der Waals surface area contributed by atoms with E-state index in [1.165, 1.54) is 12.8 Å². The third-order valence-electron chi connectivity index (χ3n) is 3.97. The van der Waals surface area contributed by atoms with Gasteiger partial charge in [-0.15, -0.1) is 0 Å². The summed E-state index contributed by atoms with van der Waals surface area (Å²) in [5.41, 5.74) is 0. The van der Waals surface area contributed by atoms with Gasteiger partial charge in [-0.2, -0.15) is 4.98 Å². The van der Waals surface area contributed by atoms with Gasteiger partial charge in [0.05, 0.1) is 0 Å². The lowest BCUT2D eigenvalue weighted by atomic mass is 9.92. The summed E-state index contributed by atoms with van der Waals surface area (Å²) in [4.78, 5) is 13.2. The van der Waals surface area contributed by atoms with Crippen LogP contribution in [-0.4, -0.2) is 50.2 Å². The van der Waals surface area contributed by atoms with Crippen LogP contribution in [0.15, 0.2) is 12.3 Å². The Hall–Kier alpha value is -1.36. The number of nitrogens with one attached hydrogen (secondary N) is 1. The highest BCUT2D eigenvalue weighted by molar-refractivity contribution is 5.43. The van der Waals surface area contributed by atoms with E-state index in [9.17, 15) is 0 Å². The van der Waals surface area contributed by atoms with E-state index in [1.807, 2.05) is 38.3 Å². The van der Waals surface area contributed by atoms with Crippen molar-refractivity contribution in [1.29, 1.82) is 0 Å². The Morgan fingerprint density at radius 3 is 2.95 bits per heavy atom. The summed E-state index contributed by atoms with van der Waals surface area (Å²) in [7, 11) is 5.99. The van der Waals surface area contributed by atoms with Gasteiger partial charge in [0.2, 0.25) is 5.95 Å². The minimum absolute atomic E-state index is 0.554. The van der Waals surface area contributed by atoms with Crippen LogP contribution in [0.3, 0.4) is 0 Å². The predicted octanol–water partition coefficient (Wildman–Crippen LogP) is 1.37. The molecule has 2 heterocycles. The highest BCUT2D eigenvalue weighted by Gasteiger charge is 2.24. The summed E-state index contributed by atoms with van der Waals surface area (Å²) in [5, 5.41) is 3.37. The van der Waals surface area contributed by atoms with Crippen LogP contribution in [0.2, 0.25) is 0 Å². The minimum atomic E-state index is 0.554. The van der Waals surface area contributed by atoms with E-state index >= 15 is 0 Å². The molecule has 5 heteroatoms. The molecule has 1 aromatic rings. The van der Waals surface area contributed by atoms with E-state index in [0.717, 1.165) is 24.9 Å². The molecule has 19 heavy (non-hydrogen) atoms. The number of nitrogens with zero attached hydrogens (tertiary/aromatic N) is 4. The first-order chi connectivity index (χ1) is 9.11. The van der Waals surface area contributed by atoms with E-state index in [2.05, 4.69) is 27.1 Å². The van der Waals surface area contributed by atoms with Crippen LogP contribution in [0.4, 0.5) is 11.8 Å². The van der Waals surface area contributed by atoms with E-state index < -0.39 is 0 Å². The van der Waals surface area contributed by atoms with Crippen molar-refractivity contribution in [3.05, 3.63) is 12.3 Å². The zero-order chi connectivity index (χ0) is 13.8. The van der Waals surface area contributed by atoms with Crippen LogP contribution in [0, 0.1) is 5.92 Å². The van der Waals surface area contributed by atoms with Crippen molar-refractivity contribution in [3.8, 4) is 0 Å². The quantitative estimate of drug-likeness (QED) is 0.889. The Morgan fingerprint density at radius 2 is 2.26 bits per heavy atom. The number of hydrogen-bond acceptors (Lipinski definition) is 5. The first-order valence-corrected chi connectivity index (χ1v) is 7.04. The topological polar surface area (TPSA) is 44.3 Å². The lowest BCUT2D eigenvalue weighted by Gasteiger charge is -2.36. The van der Waals surface area contributed by atoms with Gasteiger partial charge in [0.25, 0.3) is 0 Å². The third-order valence-corrected chi connectivity index (χ3v) is 3.97. The summed E-state index contributed by atoms with van der Waals surface area (Å²) in [6.45, 7) is 4.43. The van der Waals surface area contributed by atoms with Crippen LogP contribution < -0.4 is 15.1 Å². The summed E-state index contributed by atoms with van der Waals surface area (Å²) < 4.78 is 0. The standard InChI is InChI=1S/C14H25N5/c1-11(15-2)12-6-5-9-19(10-12)13-7-8-16-14(17-13)18(3)4/h7-8,11-12,15H,5-6,9-10H2,1-4H3. The molecule has 2 unspecified atom stereocenters. The summed E-state index contributed by atoms with van der Waals surface area (Å²) in [6, 6.07) is 2.57. The normalized spacial score (nSPS) is 21.3. The summed E-state index contributed by atoms with van der Waals surface area (Å²) in [5.74, 6) is 2.52. The molecule has 1 aliphatic heterocycles. The molecule has 2 rings (SSSR count). The summed E-state index contributed by atoms with van der Waals surface area (Å²) >= 11 is 0. The van der Waals surface area contributed by atoms with Gasteiger partial charge in [0.1, 0.15) is 5.82 Å². The first kappa shape index (κ1) is 14.1. The van der Waals surface area contributed by atoms with Gasteiger partial charge in [0.15, 0.2) is 0 Å². The molecular formula is C14H25N5. The molecule has 2 atom stereocenters. The lowest BCUT2D eigenvalue weighted by molar-refractivity contribution is 0.332. The molecule has 0 radical (unpaired) electrons. The fourth-order valence-electron chi connectivity index (χ4n) is 2.59. The van der Waals surface area contributed by atoms with Crippen molar-refractivity contribution < 1.29 is 0 Å². The molecule has 0 amide bonds. The van der Waals surface area contributed by atoms with Crippen LogP contribution in [-0.2, 0) is 0 Å². The maximum Gasteiger partial charge on any atom is 0.226 e. The summed E-state index contributed by atoms with van der Waals surface area (Å²) in [6.07, 6.45) is 4.38. The zero-order valence-electron chi connectivity index (χ0n) is 12.4. The first-order valence-electron chi connectivity index (χ1n) is 7.04. The van der Waals surface area contributed by atoms with Crippen LogP contribution >= 0.6 is 0 Å². The maximum absolute atomic E-state index is 4.64. The molecule has 0 spiro atoms. The molecule has 0 bridgehead atoms. The SMILES string of the molecule is CNC(C)C1CCCN(c2ccnc(N(C)C)n2)C1. The smallest absolute Gasteiger partial charge is 0.226 e. The second-order valence-electron chi connectivity index (χ2n) is 5.53. The van der Waals surface area contributed by atoms with E-state index in [4.69, 9.17) is 0 Å². The number of aromatic nitrogens is 2. The number of anilines is 2. The zero-order valence-corrected chi connectivity index (χ0v) is 12.4. The maximum atomic E-state index is 4.64. The Kier molecular flexibility index (Phi) is 4.58. The average Bonchev–Trinajstić information content (AvgIpc) is 2.46. The van der Waals surface area contributed by atoms with Gasteiger partial charge >= 0.3 is 0 Å². The molecule has 1 saturated heterocycles. The number of hydrogen-bond donors (Lipinski definition) is 1. The second kappa shape index (κ2) is 6.19. The van der Waals surface area contributed by atoms with Crippen LogP contribution in [0.5, 0.6) is 0 Å². The van der Waals surface area contributed by atoms with Crippen LogP contribution in [0.1, 0.15) is 19.8 Å². The molecule has 1 N–H and O–H groups in total. The monoisotopic (exact) mass is 263 g/mol. The molecule has 5 nitrogen and oxygen atoms in total. The van der Waals surface area contributed by atoms with Crippen LogP contribution in [0.25, 0.3) is 0 Å². The Bertz CT molecular complexity index is 407. The number of rotatable bonds is 4. The molecule has 1 aromatic heterocycles. The molecule has 0 saturated carbocycles. The van der Waals surface area contributed by atoms with Crippen molar-refractivity contribution in [1.82, 2.24) is 15.3 Å². The van der Waals surface area contributed by atoms with Gasteiger partial charge in [0, 0.05) is 39.4 Å². The van der Waals surface area contributed by atoms with E-state index in [0.29, 0.717) is 12.0 Å². The fraction of sp³-hybridized carbons (Fsp3) is 0.714. The Morgan fingerprint density at radius 1 is 1.47 bits per heavy atom. The Balaban J connectivity index is 2.10. The van der Waals surface area contributed by atoms with Crippen molar-refractivity contribution >= 4 is 11.8 Å². The molecule has 1 aliphatic rings. The minimum Gasteiger partial charge on any atom is -0.356 e. The van der Waals surface area contributed by atoms with Crippen molar-refractivity contribution in [2.45, 2.75) is 25.8 Å². The van der Waals surface area contributed by atoms with Gasteiger partial charge in [-0.3, -0.25) is 0 Å². The number of piperidine rings is 1. The largest absolute Gasteiger partial charge is 0.356 e. The van der Waals surface area contributed by atoms with E-state index in [1.54, 1.807) is 0 Å². The van der Waals surface area contributed by atoms with Crippen molar-refractivity contribution in [2.75, 3.05) is 44.0 Å². The van der Waals surface area contributed by atoms with Gasteiger partial charge in [-0.25, -0.2) is 4.98 Å². The highest BCUT2D eigenvalue weighted by atomic mass is 15.3. The molecular weight excluding hydrogens is 238 g/mol. The lowest BCUT2D eigenvalue weighted by Crippen LogP contribution is -2.43. The van der Waals surface area contributed by atoms with Gasteiger partial charge in [-0.05, 0) is 38.8 Å².